The van der Waals surface area contributed by atoms with Gasteiger partial charge in [0.05, 0.1) is 23.7 Å². The fourth-order valence-electron chi connectivity index (χ4n) is 6.11. The van der Waals surface area contributed by atoms with Crippen molar-refractivity contribution in [2.45, 2.75) is 38.0 Å². The summed E-state index contributed by atoms with van der Waals surface area (Å²) in [6.45, 7) is 5.92. The van der Waals surface area contributed by atoms with Gasteiger partial charge in [0.25, 0.3) is 5.91 Å². The molecule has 2 fully saturated rings. The summed E-state index contributed by atoms with van der Waals surface area (Å²) >= 11 is 0. The van der Waals surface area contributed by atoms with Gasteiger partial charge in [-0.1, -0.05) is 30.3 Å². The van der Waals surface area contributed by atoms with Gasteiger partial charge in [0.15, 0.2) is 5.82 Å². The summed E-state index contributed by atoms with van der Waals surface area (Å²) < 4.78 is 43.8. The van der Waals surface area contributed by atoms with Gasteiger partial charge in [0.1, 0.15) is 5.75 Å². The number of H-pyrrole nitrogens is 1. The average molecular weight is 592 g/mol. The molecule has 0 radical (unpaired) electrons. The average Bonchev–Trinajstić information content (AvgIpc) is 3.45. The predicted molar refractivity (Wildman–Crippen MR) is 159 cm³/mol. The van der Waals surface area contributed by atoms with Gasteiger partial charge in [0, 0.05) is 39.3 Å². The molecule has 0 unspecified atom stereocenters. The normalized spacial score (nSPS) is 17.4. The van der Waals surface area contributed by atoms with Gasteiger partial charge in [0.2, 0.25) is 0 Å². The number of alkyl halides is 3. The molecule has 2 aliphatic heterocycles. The minimum absolute atomic E-state index is 0.126. The van der Waals surface area contributed by atoms with Crippen LogP contribution in [0.3, 0.4) is 0 Å². The molecule has 7 nitrogen and oxygen atoms in total. The van der Waals surface area contributed by atoms with Crippen LogP contribution in [0.2, 0.25) is 0 Å². The molecule has 3 aromatic carbocycles. The number of aromatic nitrogens is 2. The Hall–Kier alpha value is -3.89. The smallest absolute Gasteiger partial charge is 0.416 e. The summed E-state index contributed by atoms with van der Waals surface area (Å²) in [4.78, 5) is 27.6. The van der Waals surface area contributed by atoms with E-state index in [0.29, 0.717) is 44.5 Å². The first-order valence-electron chi connectivity index (χ1n) is 14.8. The standard InChI is InChI=1S/C33H36F3N5O2/c1-43-28-9-4-24(5-10-28)21-39-14-12-25(13-15-39)26-6-11-29-30(20-26)38-31(37-29)32(42)41-18-16-40(17-19-41)22-23-2-7-27(8-3-23)33(34,35)36/h2-11,20,25H,12-19,21-22H2,1H3,(H,37,38). The Labute approximate surface area is 249 Å². The number of imidazole rings is 1. The van der Waals surface area contributed by atoms with E-state index in [1.165, 1.54) is 23.3 Å². The first-order chi connectivity index (χ1) is 20.7. The molecule has 1 amide bonds. The van der Waals surface area contributed by atoms with Gasteiger partial charge < -0.3 is 14.6 Å². The number of fused-ring (bicyclic) bond motifs is 1. The van der Waals surface area contributed by atoms with E-state index < -0.39 is 11.7 Å². The number of benzene rings is 3. The number of piperidine rings is 1. The molecule has 43 heavy (non-hydrogen) atoms. The lowest BCUT2D eigenvalue weighted by Gasteiger charge is -2.34. The first kappa shape index (κ1) is 29.2. The number of amides is 1. The van der Waals surface area contributed by atoms with Crippen LogP contribution in [0.15, 0.2) is 66.7 Å². The van der Waals surface area contributed by atoms with Crippen molar-refractivity contribution in [3.05, 3.63) is 94.8 Å². The maximum absolute atomic E-state index is 13.3. The number of hydrogen-bond donors (Lipinski definition) is 1. The SMILES string of the molecule is COc1ccc(CN2CCC(c3ccc4nc(C(=O)N5CCN(Cc6ccc(C(F)(F)F)cc6)CC5)[nH]c4c3)CC2)cc1. The van der Waals surface area contributed by atoms with Crippen LogP contribution in [0.4, 0.5) is 13.2 Å². The largest absolute Gasteiger partial charge is 0.497 e. The van der Waals surface area contributed by atoms with Crippen LogP contribution in [0.1, 0.15) is 51.6 Å². The Kier molecular flexibility index (Phi) is 8.41. The minimum atomic E-state index is -4.33. The number of methoxy groups -OCH3 is 1. The molecule has 1 N–H and O–H groups in total. The number of halogens is 3. The van der Waals surface area contributed by atoms with Gasteiger partial charge in [-0.2, -0.15) is 13.2 Å². The highest BCUT2D eigenvalue weighted by molar-refractivity contribution is 5.94. The number of aromatic amines is 1. The van der Waals surface area contributed by atoms with E-state index in [1.54, 1.807) is 12.0 Å². The fourth-order valence-corrected chi connectivity index (χ4v) is 6.11. The fraction of sp³-hybridized carbons (Fsp3) is 0.394. The van der Waals surface area contributed by atoms with E-state index in [2.05, 4.69) is 44.0 Å². The minimum Gasteiger partial charge on any atom is -0.497 e. The van der Waals surface area contributed by atoms with Crippen LogP contribution >= 0.6 is 0 Å². The van der Waals surface area contributed by atoms with E-state index in [4.69, 9.17) is 4.74 Å². The zero-order valence-corrected chi connectivity index (χ0v) is 24.2. The highest BCUT2D eigenvalue weighted by atomic mass is 19.4. The number of carbonyl (C=O) groups excluding carboxylic acids is 1. The van der Waals surface area contributed by atoms with Crippen molar-refractivity contribution in [1.29, 1.82) is 0 Å². The molecule has 0 spiro atoms. The zero-order chi connectivity index (χ0) is 30.0. The topological polar surface area (TPSA) is 64.7 Å². The van der Waals surface area contributed by atoms with Gasteiger partial charge in [-0.05, 0) is 84.9 Å². The van der Waals surface area contributed by atoms with Crippen LogP contribution < -0.4 is 4.74 Å². The quantitative estimate of drug-likeness (QED) is 0.289. The van der Waals surface area contributed by atoms with Crippen LogP contribution in [-0.4, -0.2) is 77.0 Å². The van der Waals surface area contributed by atoms with Gasteiger partial charge in [-0.3, -0.25) is 14.6 Å². The molecule has 0 bridgehead atoms. The Bertz CT molecular complexity index is 1540. The van der Waals surface area contributed by atoms with Crippen molar-refractivity contribution in [2.75, 3.05) is 46.4 Å². The van der Waals surface area contributed by atoms with E-state index >= 15 is 0 Å². The van der Waals surface area contributed by atoms with Gasteiger partial charge in [-0.15, -0.1) is 0 Å². The molecule has 6 rings (SSSR count). The number of rotatable bonds is 7. The van der Waals surface area contributed by atoms with Crippen LogP contribution in [-0.2, 0) is 19.3 Å². The van der Waals surface area contributed by atoms with E-state index in [1.807, 2.05) is 18.2 Å². The predicted octanol–water partition coefficient (Wildman–Crippen LogP) is 5.93. The molecule has 2 aliphatic rings. The number of nitrogens with one attached hydrogen (secondary N) is 1. The highest BCUT2D eigenvalue weighted by Crippen LogP contribution is 2.31. The van der Waals surface area contributed by atoms with Crippen LogP contribution in [0.25, 0.3) is 11.0 Å². The second-order valence-corrected chi connectivity index (χ2v) is 11.5. The van der Waals surface area contributed by atoms with Crippen LogP contribution in [0, 0.1) is 0 Å². The van der Waals surface area contributed by atoms with Gasteiger partial charge in [-0.25, -0.2) is 4.98 Å². The molecule has 2 saturated heterocycles. The highest BCUT2D eigenvalue weighted by Gasteiger charge is 2.30. The van der Waals surface area contributed by atoms with Crippen molar-refractivity contribution >= 4 is 16.9 Å². The molecule has 0 saturated carbocycles. The second-order valence-electron chi connectivity index (χ2n) is 11.5. The number of likely N-dealkylation sites (tertiary alicyclic amines) is 1. The number of hydrogen-bond acceptors (Lipinski definition) is 5. The summed E-state index contributed by atoms with van der Waals surface area (Å²) in [7, 11) is 1.68. The molecule has 3 heterocycles. The van der Waals surface area contributed by atoms with E-state index in [0.717, 1.165) is 67.0 Å². The lowest BCUT2D eigenvalue weighted by Crippen LogP contribution is -2.48. The Balaban J connectivity index is 1.01. The monoisotopic (exact) mass is 591 g/mol. The third kappa shape index (κ3) is 6.86. The summed E-state index contributed by atoms with van der Waals surface area (Å²) in [5, 5.41) is 0. The number of ether oxygens (including phenoxy) is 1. The summed E-state index contributed by atoms with van der Waals surface area (Å²) in [6.07, 6.45) is -2.17. The Morgan fingerprint density at radius 2 is 1.47 bits per heavy atom. The summed E-state index contributed by atoms with van der Waals surface area (Å²) in [5.74, 6) is 1.56. The molecule has 10 heteroatoms. The molecule has 0 atom stereocenters. The molecular formula is C33H36F3N5O2. The van der Waals surface area contributed by atoms with Crippen molar-refractivity contribution in [1.82, 2.24) is 24.7 Å². The van der Waals surface area contributed by atoms with Crippen molar-refractivity contribution in [3.8, 4) is 5.75 Å². The molecule has 0 aliphatic carbocycles. The third-order valence-electron chi connectivity index (χ3n) is 8.68. The lowest BCUT2D eigenvalue weighted by molar-refractivity contribution is -0.137. The van der Waals surface area contributed by atoms with Gasteiger partial charge >= 0.3 is 6.18 Å². The molecule has 1 aromatic heterocycles. The third-order valence-corrected chi connectivity index (χ3v) is 8.68. The van der Waals surface area contributed by atoms with Crippen molar-refractivity contribution in [2.24, 2.45) is 0 Å². The molecular weight excluding hydrogens is 555 g/mol. The maximum Gasteiger partial charge on any atom is 0.416 e. The Morgan fingerprint density at radius 3 is 2.07 bits per heavy atom. The van der Waals surface area contributed by atoms with Crippen molar-refractivity contribution in [3.63, 3.8) is 0 Å². The number of piperazine rings is 1. The van der Waals surface area contributed by atoms with Crippen LogP contribution in [0.5, 0.6) is 5.75 Å². The van der Waals surface area contributed by atoms with E-state index in [9.17, 15) is 18.0 Å². The molecule has 4 aromatic rings. The molecule has 226 valence electrons. The number of nitrogens with zero attached hydrogens (tertiary/aromatic N) is 4. The van der Waals surface area contributed by atoms with Crippen molar-refractivity contribution < 1.29 is 22.7 Å². The van der Waals surface area contributed by atoms with E-state index in [-0.39, 0.29) is 5.91 Å². The maximum atomic E-state index is 13.3. The second kappa shape index (κ2) is 12.4. The lowest BCUT2D eigenvalue weighted by atomic mass is 9.89. The Morgan fingerprint density at radius 1 is 0.860 bits per heavy atom. The first-order valence-corrected chi connectivity index (χ1v) is 14.8. The summed E-state index contributed by atoms with van der Waals surface area (Å²) in [5.41, 5.74) is 4.40. The zero-order valence-electron chi connectivity index (χ0n) is 24.2. The number of carbonyl (C=O) groups is 1. The summed E-state index contributed by atoms with van der Waals surface area (Å²) in [6, 6.07) is 19.8.